The highest BCUT2D eigenvalue weighted by atomic mass is 31.0. The summed E-state index contributed by atoms with van der Waals surface area (Å²) in [6.07, 6.45) is 3.83. The largest absolute Gasteiger partial charge is 0.301 e. The van der Waals surface area contributed by atoms with Crippen LogP contribution in [0.2, 0.25) is 0 Å². The van der Waals surface area contributed by atoms with Gasteiger partial charge < -0.3 is 4.84 Å². The Hall–Kier alpha value is -1.04. The summed E-state index contributed by atoms with van der Waals surface area (Å²) in [7, 11) is 2.63. The van der Waals surface area contributed by atoms with Gasteiger partial charge in [-0.3, -0.25) is 14.3 Å². The molecule has 1 heterocycles. The van der Waals surface area contributed by atoms with E-state index in [1.165, 1.54) is 0 Å². The minimum atomic E-state index is -0.195. The molecule has 24 heavy (non-hydrogen) atoms. The molecule has 0 aliphatic carbocycles. The second-order valence-corrected chi connectivity index (χ2v) is 6.71. The monoisotopic (exact) mass is 353 g/mol. The van der Waals surface area contributed by atoms with Crippen LogP contribution in [-0.2, 0) is 21.1 Å². The summed E-state index contributed by atoms with van der Waals surface area (Å²) in [5, 5.41) is 0. The van der Waals surface area contributed by atoms with Gasteiger partial charge in [-0.15, -0.1) is 0 Å². The normalized spacial score (nSPS) is 21.6. The van der Waals surface area contributed by atoms with Gasteiger partial charge in [0.2, 0.25) is 0 Å². The number of hydroxylamine groups is 2. The summed E-state index contributed by atoms with van der Waals surface area (Å²) >= 11 is 0. The number of benzene rings is 1. The van der Waals surface area contributed by atoms with Gasteiger partial charge in [-0.2, -0.15) is 5.48 Å². The summed E-state index contributed by atoms with van der Waals surface area (Å²) in [5.74, 6) is -0.105. The molecule has 6 nitrogen and oxygen atoms in total. The Labute approximate surface area is 146 Å². The number of unbranched alkanes of at least 4 members (excludes halogenated alkanes) is 1. The van der Waals surface area contributed by atoms with E-state index in [0.29, 0.717) is 6.61 Å². The molecule has 0 saturated carbocycles. The number of rotatable bonds is 9. The van der Waals surface area contributed by atoms with Crippen molar-refractivity contribution in [3.63, 3.8) is 0 Å². The van der Waals surface area contributed by atoms with Crippen LogP contribution in [0, 0.1) is 0 Å². The van der Waals surface area contributed by atoms with Crippen LogP contribution < -0.4 is 11.0 Å². The van der Waals surface area contributed by atoms with Crippen molar-refractivity contribution in [1.82, 2.24) is 15.6 Å². The lowest BCUT2D eigenvalue weighted by Gasteiger charge is -2.35. The summed E-state index contributed by atoms with van der Waals surface area (Å²) in [4.78, 5) is 23.0. The van der Waals surface area contributed by atoms with Crippen LogP contribution in [0.1, 0.15) is 38.2 Å². The number of amides is 1. The molecule has 7 heteroatoms. The highest BCUT2D eigenvalue weighted by Gasteiger charge is 2.31. The number of piperidine rings is 1. The predicted molar refractivity (Wildman–Crippen MR) is 96.6 cm³/mol. The summed E-state index contributed by atoms with van der Waals surface area (Å²) < 4.78 is 1.96. The van der Waals surface area contributed by atoms with Gasteiger partial charge in [0.25, 0.3) is 5.91 Å². The van der Waals surface area contributed by atoms with Gasteiger partial charge >= 0.3 is 0 Å². The summed E-state index contributed by atoms with van der Waals surface area (Å²) in [5.41, 5.74) is 6.68. The lowest BCUT2D eigenvalue weighted by molar-refractivity contribution is -0.140. The molecule has 0 radical (unpaired) electrons. The average Bonchev–Trinajstić information content (AvgIpc) is 2.59. The number of carbonyl (C=O) groups is 1. The third-order valence-electron chi connectivity index (χ3n) is 4.03. The third-order valence-corrected chi connectivity index (χ3v) is 4.60. The van der Waals surface area contributed by atoms with Crippen molar-refractivity contribution in [2.24, 2.45) is 0 Å². The van der Waals surface area contributed by atoms with E-state index in [1.54, 1.807) is 0 Å². The average molecular weight is 353 g/mol. The molecule has 0 bridgehead atoms. The zero-order chi connectivity index (χ0) is 17.2. The highest BCUT2D eigenvalue weighted by molar-refractivity contribution is 7.13. The number of carbonyl (C=O) groups excluding carboxylic acids is 1. The number of nitrogens with zero attached hydrogens (tertiary/aromatic N) is 1. The van der Waals surface area contributed by atoms with Crippen molar-refractivity contribution in [2.75, 3.05) is 13.2 Å². The molecule has 3 atom stereocenters. The smallest absolute Gasteiger partial charge is 0.261 e. The molecule has 1 aliphatic rings. The predicted octanol–water partition coefficient (Wildman–Crippen LogP) is 2.18. The van der Waals surface area contributed by atoms with Crippen molar-refractivity contribution < 1.29 is 14.5 Å². The Bertz CT molecular complexity index is 489. The molecule has 1 aliphatic heterocycles. The zero-order valence-electron chi connectivity index (χ0n) is 14.2. The first kappa shape index (κ1) is 19.3. The van der Waals surface area contributed by atoms with Crippen molar-refractivity contribution in [1.29, 1.82) is 0 Å². The molecule has 1 unspecified atom stereocenters. The van der Waals surface area contributed by atoms with E-state index in [-0.39, 0.29) is 18.0 Å². The van der Waals surface area contributed by atoms with E-state index in [9.17, 15) is 4.79 Å². The van der Waals surface area contributed by atoms with Crippen LogP contribution in [0.5, 0.6) is 0 Å². The van der Waals surface area contributed by atoms with Gasteiger partial charge in [0, 0.05) is 12.6 Å². The second-order valence-electron chi connectivity index (χ2n) is 6.05. The molecule has 1 aromatic rings. The number of hydrogen-bond donors (Lipinski definition) is 2. The Morgan fingerprint density at radius 3 is 2.79 bits per heavy atom. The second kappa shape index (κ2) is 10.7. The molecule has 0 spiro atoms. The molecule has 1 fully saturated rings. The van der Waals surface area contributed by atoms with Crippen LogP contribution in [0.4, 0.5) is 0 Å². The fourth-order valence-electron chi connectivity index (χ4n) is 2.60. The molecule has 2 N–H and O–H groups in total. The molecule has 134 valence electrons. The van der Waals surface area contributed by atoms with Crippen molar-refractivity contribution in [3.05, 3.63) is 35.9 Å². The van der Waals surface area contributed by atoms with Crippen LogP contribution >= 0.6 is 9.39 Å². The lowest BCUT2D eigenvalue weighted by atomic mass is 10.0. The van der Waals surface area contributed by atoms with E-state index in [2.05, 4.69) is 27.3 Å². The molecular formula is C17H28N3O3P. The molecule has 1 amide bonds. The Morgan fingerprint density at radius 1 is 1.29 bits per heavy atom. The molecule has 0 aromatic heterocycles. The number of nitrogens with one attached hydrogen (secondary N) is 2. The van der Waals surface area contributed by atoms with E-state index in [1.807, 2.05) is 35.0 Å². The minimum absolute atomic E-state index is 0.105. The topological polar surface area (TPSA) is 62.8 Å². The fraction of sp³-hybridized carbons (Fsp3) is 0.588. The Morgan fingerprint density at radius 2 is 2.08 bits per heavy atom. The first-order chi connectivity index (χ1) is 11.7. The number of hydrogen-bond acceptors (Lipinski definition) is 5. The van der Waals surface area contributed by atoms with Crippen LogP contribution in [0.3, 0.4) is 0 Å². The van der Waals surface area contributed by atoms with E-state index < -0.39 is 0 Å². The maximum Gasteiger partial charge on any atom is 0.261 e. The van der Waals surface area contributed by atoms with E-state index in [0.717, 1.165) is 44.4 Å². The molecule has 1 saturated heterocycles. The van der Waals surface area contributed by atoms with Crippen LogP contribution in [0.15, 0.2) is 30.3 Å². The first-order valence-corrected chi connectivity index (χ1v) is 9.06. The maximum atomic E-state index is 12.3. The summed E-state index contributed by atoms with van der Waals surface area (Å²) in [6, 6.07) is 9.82. The van der Waals surface area contributed by atoms with E-state index >= 15 is 0 Å². The fourth-order valence-corrected chi connectivity index (χ4v) is 3.14. The zero-order valence-corrected chi connectivity index (χ0v) is 15.4. The van der Waals surface area contributed by atoms with Crippen molar-refractivity contribution >= 4 is 15.3 Å². The van der Waals surface area contributed by atoms with Crippen LogP contribution in [0.25, 0.3) is 0 Å². The van der Waals surface area contributed by atoms with Gasteiger partial charge in [-0.25, -0.2) is 5.48 Å². The van der Waals surface area contributed by atoms with Gasteiger partial charge in [0.05, 0.1) is 19.3 Å². The molecular weight excluding hydrogens is 325 g/mol. The maximum absolute atomic E-state index is 12.3. The Kier molecular flexibility index (Phi) is 8.64. The highest BCUT2D eigenvalue weighted by Crippen LogP contribution is 2.21. The SMILES string of the molecule is CCCCON[C@@H]1CC[C@@H](C(=O)NOCc2ccccc2)N(P)C1. The van der Waals surface area contributed by atoms with E-state index in [4.69, 9.17) is 9.68 Å². The minimum Gasteiger partial charge on any atom is -0.301 e. The standard InChI is InChI=1S/C17H28N3O3P/c1-2-3-11-22-18-15-9-10-16(20(24)12-15)17(21)19-23-13-14-7-5-4-6-8-14/h4-8,15-16,18H,2-3,9-13,24H2,1H3,(H,19,21)/t15-,16+/m1/s1. The van der Waals surface area contributed by atoms with Crippen LogP contribution in [-0.4, -0.2) is 35.8 Å². The van der Waals surface area contributed by atoms with Gasteiger partial charge in [0.15, 0.2) is 0 Å². The van der Waals surface area contributed by atoms with Crippen molar-refractivity contribution in [2.45, 2.75) is 51.3 Å². The summed E-state index contributed by atoms with van der Waals surface area (Å²) in [6.45, 7) is 3.97. The third kappa shape index (κ3) is 6.46. The van der Waals surface area contributed by atoms with Crippen molar-refractivity contribution in [3.8, 4) is 0 Å². The first-order valence-electron chi connectivity index (χ1n) is 8.55. The molecule has 1 aromatic carbocycles. The quantitative estimate of drug-likeness (QED) is 0.405. The lowest BCUT2D eigenvalue weighted by Crippen LogP contribution is -2.51. The molecule has 2 rings (SSSR count). The van der Waals surface area contributed by atoms with Gasteiger partial charge in [-0.1, -0.05) is 53.1 Å². The van der Waals surface area contributed by atoms with Gasteiger partial charge in [-0.05, 0) is 24.8 Å². The van der Waals surface area contributed by atoms with Gasteiger partial charge in [0.1, 0.15) is 0 Å². The Balaban J connectivity index is 1.66.